The van der Waals surface area contributed by atoms with Gasteiger partial charge in [0.1, 0.15) is 5.82 Å². The molecule has 4 heteroatoms. The molecule has 0 aliphatic carbocycles. The second-order valence-electron chi connectivity index (χ2n) is 4.31. The lowest BCUT2D eigenvalue weighted by atomic mass is 10.1. The van der Waals surface area contributed by atoms with Crippen molar-refractivity contribution in [2.75, 3.05) is 0 Å². The van der Waals surface area contributed by atoms with Gasteiger partial charge in [-0.3, -0.25) is 0 Å². The topological polar surface area (TPSA) is 38.0 Å². The zero-order valence-electron chi connectivity index (χ0n) is 10.4. The van der Waals surface area contributed by atoms with E-state index in [1.807, 2.05) is 30.5 Å². The second kappa shape index (κ2) is 6.16. The van der Waals surface area contributed by atoms with Gasteiger partial charge in [-0.1, -0.05) is 35.0 Å². The minimum absolute atomic E-state index is 0.513. The quantitative estimate of drug-likeness (QED) is 0.920. The molecule has 18 heavy (non-hydrogen) atoms. The molecular formula is C14H17BrN2O. The van der Waals surface area contributed by atoms with Crippen LogP contribution in [0.4, 0.5) is 0 Å². The van der Waals surface area contributed by atoms with Crippen molar-refractivity contribution in [3.63, 3.8) is 0 Å². The maximum Gasteiger partial charge on any atom is 0.111 e. The molecule has 1 unspecified atom stereocenters. The van der Waals surface area contributed by atoms with Gasteiger partial charge < -0.3 is 9.67 Å². The fraction of sp³-hybridized carbons (Fsp3) is 0.357. The highest BCUT2D eigenvalue weighted by molar-refractivity contribution is 9.10. The average molecular weight is 309 g/mol. The average Bonchev–Trinajstić information content (AvgIpc) is 2.77. The van der Waals surface area contributed by atoms with Crippen LogP contribution in [-0.2, 0) is 13.0 Å². The second-order valence-corrected chi connectivity index (χ2v) is 5.23. The SMILES string of the molecule is CCCn1ccnc1CC(O)c1cccc(Br)c1. The molecule has 96 valence electrons. The standard InChI is InChI=1S/C14H17BrN2O/c1-2-7-17-8-6-16-14(17)10-13(18)11-4-3-5-12(15)9-11/h3-6,8-9,13,18H,2,7,10H2,1H3. The Morgan fingerprint density at radius 1 is 1.44 bits per heavy atom. The van der Waals surface area contributed by atoms with Crippen molar-refractivity contribution in [1.29, 1.82) is 0 Å². The smallest absolute Gasteiger partial charge is 0.111 e. The molecule has 0 bridgehead atoms. The molecule has 0 aliphatic heterocycles. The highest BCUT2D eigenvalue weighted by Gasteiger charge is 2.12. The minimum Gasteiger partial charge on any atom is -0.388 e. The summed E-state index contributed by atoms with van der Waals surface area (Å²) in [7, 11) is 0. The Hall–Kier alpha value is -1.13. The van der Waals surface area contributed by atoms with Crippen molar-refractivity contribution in [2.24, 2.45) is 0 Å². The highest BCUT2D eigenvalue weighted by atomic mass is 79.9. The number of imidazole rings is 1. The van der Waals surface area contributed by atoms with Crippen LogP contribution >= 0.6 is 15.9 Å². The van der Waals surface area contributed by atoms with Crippen molar-refractivity contribution < 1.29 is 5.11 Å². The van der Waals surface area contributed by atoms with Gasteiger partial charge in [0.25, 0.3) is 0 Å². The van der Waals surface area contributed by atoms with Gasteiger partial charge >= 0.3 is 0 Å². The minimum atomic E-state index is -0.513. The largest absolute Gasteiger partial charge is 0.388 e. The maximum atomic E-state index is 10.2. The van der Waals surface area contributed by atoms with Crippen molar-refractivity contribution >= 4 is 15.9 Å². The van der Waals surface area contributed by atoms with Gasteiger partial charge in [0, 0.05) is 29.8 Å². The summed E-state index contributed by atoms with van der Waals surface area (Å²) in [4.78, 5) is 4.31. The number of hydrogen-bond acceptors (Lipinski definition) is 2. The molecule has 0 aliphatic rings. The summed E-state index contributed by atoms with van der Waals surface area (Å²) in [6.45, 7) is 3.08. The number of aliphatic hydroxyl groups excluding tert-OH is 1. The molecule has 1 heterocycles. The van der Waals surface area contributed by atoms with Gasteiger partial charge in [0.05, 0.1) is 6.10 Å². The van der Waals surface area contributed by atoms with Gasteiger partial charge in [0.15, 0.2) is 0 Å². The summed E-state index contributed by atoms with van der Waals surface area (Å²) < 4.78 is 3.08. The number of benzene rings is 1. The number of rotatable bonds is 5. The third kappa shape index (κ3) is 3.21. The van der Waals surface area contributed by atoms with Crippen LogP contribution in [0.25, 0.3) is 0 Å². The first kappa shape index (κ1) is 13.3. The Kier molecular flexibility index (Phi) is 4.55. The summed E-state index contributed by atoms with van der Waals surface area (Å²) in [6.07, 6.45) is 4.85. The predicted octanol–water partition coefficient (Wildman–Crippen LogP) is 3.33. The number of halogens is 1. The fourth-order valence-electron chi connectivity index (χ4n) is 1.98. The molecule has 1 atom stereocenters. The zero-order chi connectivity index (χ0) is 13.0. The number of aryl methyl sites for hydroxylation is 1. The van der Waals surface area contributed by atoms with E-state index >= 15 is 0 Å². The molecule has 0 saturated carbocycles. The first-order valence-corrected chi connectivity index (χ1v) is 6.93. The maximum absolute atomic E-state index is 10.2. The van der Waals surface area contributed by atoms with Crippen LogP contribution in [0.15, 0.2) is 41.1 Å². The van der Waals surface area contributed by atoms with E-state index in [-0.39, 0.29) is 0 Å². The molecule has 2 rings (SSSR count). The number of hydrogen-bond donors (Lipinski definition) is 1. The van der Waals surface area contributed by atoms with Crippen molar-refractivity contribution in [3.05, 3.63) is 52.5 Å². The van der Waals surface area contributed by atoms with Crippen LogP contribution in [0.1, 0.15) is 30.8 Å². The Balaban J connectivity index is 2.11. The van der Waals surface area contributed by atoms with Gasteiger partial charge in [0.2, 0.25) is 0 Å². The van der Waals surface area contributed by atoms with Crippen LogP contribution < -0.4 is 0 Å². The molecule has 2 aromatic rings. The van der Waals surface area contributed by atoms with Gasteiger partial charge in [-0.25, -0.2) is 4.98 Å². The lowest BCUT2D eigenvalue weighted by Crippen LogP contribution is -2.08. The number of aromatic nitrogens is 2. The van der Waals surface area contributed by atoms with Gasteiger partial charge in [-0.2, -0.15) is 0 Å². The van der Waals surface area contributed by atoms with E-state index < -0.39 is 6.10 Å². The molecule has 1 aromatic heterocycles. The van der Waals surface area contributed by atoms with Crippen LogP contribution in [0.2, 0.25) is 0 Å². The van der Waals surface area contributed by atoms with E-state index in [0.717, 1.165) is 28.8 Å². The van der Waals surface area contributed by atoms with Crippen molar-refractivity contribution in [3.8, 4) is 0 Å². The monoisotopic (exact) mass is 308 g/mol. The normalized spacial score (nSPS) is 12.6. The molecule has 0 radical (unpaired) electrons. The summed E-state index contributed by atoms with van der Waals surface area (Å²) >= 11 is 3.42. The molecular weight excluding hydrogens is 292 g/mol. The van der Waals surface area contributed by atoms with Crippen molar-refractivity contribution in [1.82, 2.24) is 9.55 Å². The van der Waals surface area contributed by atoms with Crippen LogP contribution in [-0.4, -0.2) is 14.7 Å². The first-order valence-electron chi connectivity index (χ1n) is 6.14. The summed E-state index contributed by atoms with van der Waals surface area (Å²) in [5, 5.41) is 10.2. The van der Waals surface area contributed by atoms with E-state index in [4.69, 9.17) is 0 Å². The fourth-order valence-corrected chi connectivity index (χ4v) is 2.40. The van der Waals surface area contributed by atoms with Gasteiger partial charge in [-0.05, 0) is 24.1 Å². The van der Waals surface area contributed by atoms with Crippen molar-refractivity contribution in [2.45, 2.75) is 32.4 Å². The van der Waals surface area contributed by atoms with E-state index in [9.17, 15) is 5.11 Å². The van der Waals surface area contributed by atoms with Crippen LogP contribution in [0.3, 0.4) is 0 Å². The van der Waals surface area contributed by atoms with Crippen LogP contribution in [0, 0.1) is 0 Å². The Bertz CT molecular complexity index is 510. The highest BCUT2D eigenvalue weighted by Crippen LogP contribution is 2.21. The Morgan fingerprint density at radius 2 is 2.28 bits per heavy atom. The Morgan fingerprint density at radius 3 is 3.00 bits per heavy atom. The molecule has 0 saturated heterocycles. The molecule has 3 nitrogen and oxygen atoms in total. The number of aliphatic hydroxyl groups is 1. The van der Waals surface area contributed by atoms with E-state index in [1.54, 1.807) is 6.20 Å². The lowest BCUT2D eigenvalue weighted by Gasteiger charge is -2.12. The van der Waals surface area contributed by atoms with Crippen LogP contribution in [0.5, 0.6) is 0 Å². The van der Waals surface area contributed by atoms with E-state index in [2.05, 4.69) is 32.4 Å². The van der Waals surface area contributed by atoms with Gasteiger partial charge in [-0.15, -0.1) is 0 Å². The summed E-state index contributed by atoms with van der Waals surface area (Å²) in [5.74, 6) is 0.935. The zero-order valence-corrected chi connectivity index (χ0v) is 12.0. The first-order chi connectivity index (χ1) is 8.70. The Labute approximate surface area is 116 Å². The molecule has 1 aromatic carbocycles. The third-order valence-corrected chi connectivity index (χ3v) is 3.37. The predicted molar refractivity (Wildman–Crippen MR) is 75.3 cm³/mol. The molecule has 0 amide bonds. The molecule has 0 fully saturated rings. The summed E-state index contributed by atoms with van der Waals surface area (Å²) in [6, 6.07) is 7.76. The van der Waals surface area contributed by atoms with E-state index in [0.29, 0.717) is 6.42 Å². The lowest BCUT2D eigenvalue weighted by molar-refractivity contribution is 0.174. The van der Waals surface area contributed by atoms with E-state index in [1.165, 1.54) is 0 Å². The molecule has 0 spiro atoms. The third-order valence-electron chi connectivity index (χ3n) is 2.88. The molecule has 1 N–H and O–H groups in total. The summed E-state index contributed by atoms with van der Waals surface area (Å²) in [5.41, 5.74) is 0.912. The number of nitrogens with zero attached hydrogens (tertiary/aromatic N) is 2.